The molecule has 0 aliphatic heterocycles. The van der Waals surface area contributed by atoms with E-state index in [4.69, 9.17) is 0 Å². The summed E-state index contributed by atoms with van der Waals surface area (Å²) in [5.74, 6) is 0. The summed E-state index contributed by atoms with van der Waals surface area (Å²) in [6, 6.07) is 23.8. The van der Waals surface area contributed by atoms with Crippen LogP contribution in [0.3, 0.4) is 0 Å². The quantitative estimate of drug-likeness (QED) is 0.162. The maximum atomic E-state index is 3.75. The van der Waals surface area contributed by atoms with Gasteiger partial charge in [0.15, 0.2) is 0 Å². The van der Waals surface area contributed by atoms with E-state index in [1.807, 2.05) is 0 Å². The molecule has 0 atom stereocenters. The molecule has 0 fully saturated rings. The van der Waals surface area contributed by atoms with Crippen molar-refractivity contribution in [3.05, 3.63) is 82.9 Å². The number of rotatable bonds is 12. The van der Waals surface area contributed by atoms with Crippen LogP contribution in [0.25, 0.3) is 22.3 Å². The van der Waals surface area contributed by atoms with E-state index in [2.05, 4.69) is 124 Å². The van der Waals surface area contributed by atoms with Gasteiger partial charge in [0.2, 0.25) is 0 Å². The zero-order valence-electron chi connectivity index (χ0n) is 20.8. The molecule has 0 spiro atoms. The van der Waals surface area contributed by atoms with E-state index in [1.54, 1.807) is 22.3 Å². The Morgan fingerprint density at radius 1 is 0.417 bits per heavy atom. The molecule has 0 saturated carbocycles. The van der Waals surface area contributed by atoms with Crippen molar-refractivity contribution in [2.24, 2.45) is 0 Å². The van der Waals surface area contributed by atoms with Gasteiger partial charge in [0.25, 0.3) is 0 Å². The number of fused-ring (bicyclic) bond motifs is 6. The Balaban J connectivity index is 1.78. The third kappa shape index (κ3) is 4.44. The van der Waals surface area contributed by atoms with Crippen molar-refractivity contribution >= 4 is 63.7 Å². The molecule has 2 aliphatic carbocycles. The lowest BCUT2D eigenvalue weighted by Crippen LogP contribution is -2.27. The first-order chi connectivity index (χ1) is 17.7. The fraction of sp³-hybridized carbons (Fsp3) is 0.438. The molecule has 0 unspecified atom stereocenters. The average molecular weight is 738 g/mol. The third-order valence-electron chi connectivity index (χ3n) is 8.60. The van der Waals surface area contributed by atoms with Crippen LogP contribution >= 0.6 is 63.7 Å². The molecule has 0 N–H and O–H groups in total. The van der Waals surface area contributed by atoms with Gasteiger partial charge in [-0.1, -0.05) is 112 Å². The molecule has 36 heavy (non-hydrogen) atoms. The highest BCUT2D eigenvalue weighted by Gasteiger charge is 2.47. The monoisotopic (exact) mass is 734 g/mol. The largest absolute Gasteiger partial charge is 0.0928 e. The van der Waals surface area contributed by atoms with E-state index in [-0.39, 0.29) is 10.8 Å². The molecule has 2 aliphatic rings. The van der Waals surface area contributed by atoms with Gasteiger partial charge in [-0.25, -0.2) is 0 Å². The average Bonchev–Trinajstić information content (AvgIpc) is 3.35. The van der Waals surface area contributed by atoms with Gasteiger partial charge in [-0.15, -0.1) is 0 Å². The number of hydrogen-bond acceptors (Lipinski definition) is 0. The summed E-state index contributed by atoms with van der Waals surface area (Å²) < 4.78 is 0. The van der Waals surface area contributed by atoms with Crippen LogP contribution in [-0.2, 0) is 10.8 Å². The van der Waals surface area contributed by atoms with Gasteiger partial charge in [0, 0.05) is 32.2 Å². The Morgan fingerprint density at radius 3 is 1.08 bits per heavy atom. The highest BCUT2D eigenvalue weighted by molar-refractivity contribution is 9.09. The summed E-state index contributed by atoms with van der Waals surface area (Å²) in [6.07, 6.45) is 9.49. The van der Waals surface area contributed by atoms with Crippen LogP contribution in [0.4, 0.5) is 0 Å². The highest BCUT2D eigenvalue weighted by Crippen LogP contribution is 2.60. The molecule has 3 aromatic carbocycles. The second kappa shape index (κ2) is 11.8. The Morgan fingerprint density at radius 2 is 0.750 bits per heavy atom. The number of alkyl halides is 4. The van der Waals surface area contributed by atoms with Crippen LogP contribution in [-0.4, -0.2) is 21.3 Å². The molecule has 0 heterocycles. The van der Waals surface area contributed by atoms with Crippen molar-refractivity contribution in [1.29, 1.82) is 0 Å². The molecule has 5 rings (SSSR count). The topological polar surface area (TPSA) is 0 Å². The lowest BCUT2D eigenvalue weighted by Gasteiger charge is -2.34. The fourth-order valence-corrected chi connectivity index (χ4v) is 8.32. The van der Waals surface area contributed by atoms with E-state index in [9.17, 15) is 0 Å². The maximum absolute atomic E-state index is 3.75. The minimum atomic E-state index is 0.0917. The first-order valence-electron chi connectivity index (χ1n) is 13.3. The van der Waals surface area contributed by atoms with Gasteiger partial charge in [-0.05, 0) is 108 Å². The van der Waals surface area contributed by atoms with E-state index in [0.717, 1.165) is 21.3 Å². The van der Waals surface area contributed by atoms with Gasteiger partial charge < -0.3 is 0 Å². The summed E-state index contributed by atoms with van der Waals surface area (Å²) in [6.45, 7) is 0. The molecule has 3 aromatic rings. The molecule has 4 heteroatoms. The van der Waals surface area contributed by atoms with E-state index < -0.39 is 0 Å². The van der Waals surface area contributed by atoms with Crippen LogP contribution < -0.4 is 0 Å². The molecule has 0 nitrogen and oxygen atoms in total. The molecule has 0 radical (unpaired) electrons. The van der Waals surface area contributed by atoms with Crippen molar-refractivity contribution in [3.63, 3.8) is 0 Å². The predicted molar refractivity (Wildman–Crippen MR) is 171 cm³/mol. The van der Waals surface area contributed by atoms with Gasteiger partial charge in [0.05, 0.1) is 0 Å². The SMILES string of the molecule is BrCCCC1(CCCBr)c2ccccc2-c2cc3c(cc21)-c1ccccc1C3(CCCBr)CCCBr. The molecule has 0 aromatic heterocycles. The summed E-state index contributed by atoms with van der Waals surface area (Å²) in [7, 11) is 0. The molecular weight excluding hydrogens is 704 g/mol. The van der Waals surface area contributed by atoms with Crippen molar-refractivity contribution < 1.29 is 0 Å². The highest BCUT2D eigenvalue weighted by atomic mass is 79.9. The number of halogens is 4. The number of hydrogen-bond donors (Lipinski definition) is 0. The van der Waals surface area contributed by atoms with Crippen LogP contribution in [0.15, 0.2) is 60.7 Å². The van der Waals surface area contributed by atoms with Crippen molar-refractivity contribution in [2.45, 2.75) is 62.2 Å². The first kappa shape index (κ1) is 27.2. The molecular formula is C32H34Br4. The summed E-state index contributed by atoms with van der Waals surface area (Å²) in [5.41, 5.74) is 12.3. The van der Waals surface area contributed by atoms with Gasteiger partial charge >= 0.3 is 0 Å². The predicted octanol–water partition coefficient (Wildman–Crippen LogP) is 10.9. The summed E-state index contributed by atoms with van der Waals surface area (Å²) in [4.78, 5) is 0. The van der Waals surface area contributed by atoms with Gasteiger partial charge in [-0.3, -0.25) is 0 Å². The van der Waals surface area contributed by atoms with Crippen molar-refractivity contribution in [1.82, 2.24) is 0 Å². The molecule has 0 amide bonds. The number of benzene rings is 3. The smallest absolute Gasteiger partial charge is 0.0216 e. The first-order valence-corrected chi connectivity index (χ1v) is 17.8. The van der Waals surface area contributed by atoms with Crippen LogP contribution in [0.1, 0.15) is 73.6 Å². The van der Waals surface area contributed by atoms with E-state index in [0.29, 0.717) is 0 Å². The Hall–Kier alpha value is -0.420. The van der Waals surface area contributed by atoms with E-state index >= 15 is 0 Å². The standard InChI is InChI=1S/C32H34Br4/c33-17-5-13-31(14-6-18-34)27-11-3-1-9-23(27)25-21-30-26(22-29(25)31)24-10-2-4-12-28(24)32(30,15-7-19-35)16-8-20-36/h1-4,9-12,21-22H,5-8,13-20H2. The zero-order valence-corrected chi connectivity index (χ0v) is 27.1. The molecule has 190 valence electrons. The minimum Gasteiger partial charge on any atom is -0.0928 e. The van der Waals surface area contributed by atoms with Crippen LogP contribution in [0, 0.1) is 0 Å². The Labute approximate surface area is 250 Å². The molecule has 0 bridgehead atoms. The van der Waals surface area contributed by atoms with E-state index in [1.165, 1.54) is 73.6 Å². The Bertz CT molecular complexity index is 1100. The van der Waals surface area contributed by atoms with Crippen molar-refractivity contribution in [2.75, 3.05) is 21.3 Å². The third-order valence-corrected chi connectivity index (χ3v) is 10.8. The zero-order chi connectivity index (χ0) is 25.2. The second-order valence-corrected chi connectivity index (χ2v) is 13.5. The minimum absolute atomic E-state index is 0.0917. The van der Waals surface area contributed by atoms with Crippen molar-refractivity contribution in [3.8, 4) is 22.3 Å². The second-order valence-electron chi connectivity index (χ2n) is 10.4. The van der Waals surface area contributed by atoms with Crippen LogP contribution in [0.5, 0.6) is 0 Å². The van der Waals surface area contributed by atoms with Crippen LogP contribution in [0.2, 0.25) is 0 Å². The Kier molecular flexibility index (Phi) is 8.87. The lowest BCUT2D eigenvalue weighted by atomic mass is 9.69. The van der Waals surface area contributed by atoms with Gasteiger partial charge in [0.1, 0.15) is 0 Å². The normalized spacial score (nSPS) is 15.9. The lowest BCUT2D eigenvalue weighted by molar-refractivity contribution is 0.435. The molecule has 0 saturated heterocycles. The maximum Gasteiger partial charge on any atom is 0.0216 e. The summed E-state index contributed by atoms with van der Waals surface area (Å²) in [5, 5.41) is 4.21. The fourth-order valence-electron chi connectivity index (χ4n) is 7.20. The van der Waals surface area contributed by atoms with Gasteiger partial charge in [-0.2, -0.15) is 0 Å². The summed E-state index contributed by atoms with van der Waals surface area (Å²) >= 11 is 15.0.